The van der Waals surface area contributed by atoms with Crippen LogP contribution in [-0.4, -0.2) is 66.0 Å². The first kappa shape index (κ1) is 19.8. The van der Waals surface area contributed by atoms with Crippen molar-refractivity contribution in [3.8, 4) is 0 Å². The molecule has 3 rings (SSSR count). The summed E-state index contributed by atoms with van der Waals surface area (Å²) in [5.74, 6) is -0.736. The summed E-state index contributed by atoms with van der Waals surface area (Å²) in [6.45, 7) is 1.91. The molecule has 1 aromatic carbocycles. The van der Waals surface area contributed by atoms with Crippen molar-refractivity contribution in [3.63, 3.8) is 0 Å². The van der Waals surface area contributed by atoms with E-state index in [1.165, 1.54) is 4.90 Å². The second-order valence-electron chi connectivity index (χ2n) is 6.62. The third-order valence-corrected chi connectivity index (χ3v) is 5.43. The summed E-state index contributed by atoms with van der Waals surface area (Å²) in [7, 11) is 1.54. The van der Waals surface area contributed by atoms with Gasteiger partial charge < -0.3 is 14.5 Å². The van der Waals surface area contributed by atoms with Crippen LogP contribution in [0.1, 0.15) is 40.0 Å². The average molecular weight is 435 g/mol. The number of amides is 1. The van der Waals surface area contributed by atoms with E-state index in [0.717, 1.165) is 19.3 Å². The van der Waals surface area contributed by atoms with Crippen LogP contribution in [0.25, 0.3) is 0 Å². The van der Waals surface area contributed by atoms with Crippen molar-refractivity contribution in [2.75, 3.05) is 38.7 Å². The van der Waals surface area contributed by atoms with Crippen molar-refractivity contribution in [1.29, 1.82) is 0 Å². The zero-order chi connectivity index (χ0) is 19.4. The molecule has 1 aliphatic heterocycles. The van der Waals surface area contributed by atoms with Gasteiger partial charge in [-0.05, 0) is 19.3 Å². The number of carbonyl (C=O) groups excluding carboxylic acids is 3. The molecule has 1 aromatic rings. The van der Waals surface area contributed by atoms with Gasteiger partial charge in [0.05, 0.1) is 11.9 Å². The summed E-state index contributed by atoms with van der Waals surface area (Å²) in [5.41, 5.74) is 1.29. The highest BCUT2D eigenvalue weighted by molar-refractivity contribution is 9.09. The van der Waals surface area contributed by atoms with Crippen LogP contribution in [0.4, 0.5) is 0 Å². The van der Waals surface area contributed by atoms with Gasteiger partial charge in [-0.2, -0.15) is 0 Å². The van der Waals surface area contributed by atoms with Gasteiger partial charge in [-0.25, -0.2) is 0 Å². The average Bonchev–Trinajstić information content (AvgIpc) is 2.72. The Morgan fingerprint density at radius 1 is 1.11 bits per heavy atom. The fourth-order valence-electron chi connectivity index (χ4n) is 3.63. The lowest BCUT2D eigenvalue weighted by Gasteiger charge is -2.36. The van der Waals surface area contributed by atoms with Crippen molar-refractivity contribution in [1.82, 2.24) is 9.80 Å². The van der Waals surface area contributed by atoms with Crippen molar-refractivity contribution in [2.24, 2.45) is 0 Å². The summed E-state index contributed by atoms with van der Waals surface area (Å²) in [6, 6.07) is 6.83. The fraction of sp³-hybridized carbons (Fsp3) is 0.450. The maximum Gasteiger partial charge on any atom is 0.237 e. The fourth-order valence-corrected chi connectivity index (χ4v) is 3.93. The quantitative estimate of drug-likeness (QED) is 0.643. The summed E-state index contributed by atoms with van der Waals surface area (Å²) >= 11 is 3.19. The number of carbonyl (C=O) groups is 3. The molecule has 1 amide bonds. The first-order chi connectivity index (χ1) is 13.1. The Bertz CT molecular complexity index is 784. The van der Waals surface area contributed by atoms with E-state index in [0.29, 0.717) is 29.9 Å². The molecule has 0 N–H and O–H groups in total. The number of rotatable bonds is 6. The molecule has 0 spiro atoms. The minimum Gasteiger partial charge on any atom is -0.383 e. The summed E-state index contributed by atoms with van der Waals surface area (Å²) in [4.78, 5) is 42.7. The van der Waals surface area contributed by atoms with Crippen LogP contribution >= 0.6 is 15.9 Å². The highest BCUT2D eigenvalue weighted by Gasteiger charge is 2.39. The molecule has 0 saturated carbocycles. The van der Waals surface area contributed by atoms with Gasteiger partial charge in [0, 0.05) is 37.9 Å². The lowest BCUT2D eigenvalue weighted by atomic mass is 9.88. The van der Waals surface area contributed by atoms with Gasteiger partial charge in [0.15, 0.2) is 0 Å². The number of methoxy groups -OCH3 is 1. The van der Waals surface area contributed by atoms with Crippen LogP contribution in [0.5, 0.6) is 0 Å². The van der Waals surface area contributed by atoms with Crippen LogP contribution in [0.15, 0.2) is 35.7 Å². The molecular weight excluding hydrogens is 412 g/mol. The Morgan fingerprint density at radius 3 is 2.33 bits per heavy atom. The first-order valence-corrected chi connectivity index (χ1v) is 10.2. The normalized spacial score (nSPS) is 17.2. The van der Waals surface area contributed by atoms with E-state index in [1.807, 2.05) is 4.90 Å². The van der Waals surface area contributed by atoms with Crippen LogP contribution in [0.2, 0.25) is 0 Å². The highest BCUT2D eigenvalue weighted by Crippen LogP contribution is 2.32. The van der Waals surface area contributed by atoms with Crippen LogP contribution in [0.3, 0.4) is 0 Å². The Balaban J connectivity index is 2.16. The molecule has 1 heterocycles. The molecule has 0 atom stereocenters. The van der Waals surface area contributed by atoms with Crippen molar-refractivity contribution < 1.29 is 19.1 Å². The Morgan fingerprint density at radius 2 is 1.74 bits per heavy atom. The number of likely N-dealkylation sites (tertiary alicyclic amines) is 1. The smallest absolute Gasteiger partial charge is 0.237 e. The molecule has 1 aliphatic carbocycles. The van der Waals surface area contributed by atoms with Gasteiger partial charge in [-0.1, -0.05) is 40.2 Å². The van der Waals surface area contributed by atoms with Gasteiger partial charge in [0.1, 0.15) is 11.4 Å². The molecule has 27 heavy (non-hydrogen) atoms. The number of halogens is 1. The van der Waals surface area contributed by atoms with Gasteiger partial charge in [0.2, 0.25) is 17.5 Å². The lowest BCUT2D eigenvalue weighted by molar-refractivity contribution is -0.126. The molecule has 0 aromatic heterocycles. The number of ketones is 2. The largest absolute Gasteiger partial charge is 0.383 e. The topological polar surface area (TPSA) is 66.9 Å². The Kier molecular flexibility index (Phi) is 6.44. The number of ether oxygens (including phenoxy) is 1. The predicted octanol–water partition coefficient (Wildman–Crippen LogP) is 2.63. The number of fused-ring (bicyclic) bond motifs is 1. The maximum atomic E-state index is 13.4. The van der Waals surface area contributed by atoms with E-state index in [1.54, 1.807) is 31.4 Å². The zero-order valence-electron chi connectivity index (χ0n) is 15.4. The summed E-state index contributed by atoms with van der Waals surface area (Å²) in [6.07, 6.45) is 3.03. The number of Topliss-reactive ketones (excluding diaryl/α,β-unsaturated/α-hetero) is 2. The molecule has 1 saturated heterocycles. The number of alkyl halides is 1. The molecule has 2 aliphatic rings. The second kappa shape index (κ2) is 8.80. The number of piperidine rings is 1. The highest BCUT2D eigenvalue weighted by atomic mass is 79.9. The van der Waals surface area contributed by atoms with Crippen LogP contribution in [-0.2, 0) is 9.53 Å². The number of allylic oxidation sites excluding steroid dienone is 2. The summed E-state index contributed by atoms with van der Waals surface area (Å²) < 4.78 is 5.13. The van der Waals surface area contributed by atoms with Crippen molar-refractivity contribution in [2.45, 2.75) is 19.3 Å². The Labute approximate surface area is 167 Å². The van der Waals surface area contributed by atoms with Gasteiger partial charge in [-0.15, -0.1) is 0 Å². The molecule has 0 bridgehead atoms. The molecule has 1 fully saturated rings. The monoisotopic (exact) mass is 434 g/mol. The maximum absolute atomic E-state index is 13.4. The number of benzene rings is 1. The third-order valence-electron chi connectivity index (χ3n) is 4.95. The minimum atomic E-state index is -0.281. The molecule has 0 radical (unpaired) electrons. The molecule has 0 unspecified atom stereocenters. The van der Waals surface area contributed by atoms with E-state index >= 15 is 0 Å². The van der Waals surface area contributed by atoms with Crippen molar-refractivity contribution in [3.05, 3.63) is 46.8 Å². The first-order valence-electron chi connectivity index (χ1n) is 9.13. The Hall–Kier alpha value is -1.99. The van der Waals surface area contributed by atoms with Gasteiger partial charge >= 0.3 is 0 Å². The number of hydrogen-bond acceptors (Lipinski definition) is 5. The molecule has 144 valence electrons. The van der Waals surface area contributed by atoms with E-state index in [9.17, 15) is 14.4 Å². The van der Waals surface area contributed by atoms with E-state index in [2.05, 4.69) is 15.9 Å². The number of hydrogen-bond donors (Lipinski definition) is 0. The van der Waals surface area contributed by atoms with E-state index in [4.69, 9.17) is 4.74 Å². The molecular formula is C20H23BrN2O4. The predicted molar refractivity (Wildman–Crippen MR) is 105 cm³/mol. The standard InChI is InChI=1S/C20H23BrN2O4/c1-27-12-11-23(16(24)13-21)18-17(22-9-5-2-6-10-22)19(25)14-7-3-4-8-15(14)20(18)26/h3-4,7-8H,2,5-6,9-13H2,1H3. The summed E-state index contributed by atoms with van der Waals surface area (Å²) in [5, 5.41) is 0.0661. The van der Waals surface area contributed by atoms with Gasteiger partial charge in [0.25, 0.3) is 0 Å². The van der Waals surface area contributed by atoms with E-state index in [-0.39, 0.29) is 41.7 Å². The van der Waals surface area contributed by atoms with Crippen molar-refractivity contribution >= 4 is 33.4 Å². The van der Waals surface area contributed by atoms with Gasteiger partial charge in [-0.3, -0.25) is 14.4 Å². The second-order valence-corrected chi connectivity index (χ2v) is 7.18. The number of nitrogens with zero attached hydrogens (tertiary/aromatic N) is 2. The molecule has 6 nitrogen and oxygen atoms in total. The third kappa shape index (κ3) is 3.84. The molecule has 7 heteroatoms. The lowest BCUT2D eigenvalue weighted by Crippen LogP contribution is -2.45. The van der Waals surface area contributed by atoms with Crippen LogP contribution < -0.4 is 0 Å². The SMILES string of the molecule is COCCN(C(=O)CBr)C1=C(N2CCCCC2)C(=O)c2ccccc2C1=O. The van der Waals surface area contributed by atoms with E-state index < -0.39 is 0 Å². The van der Waals surface area contributed by atoms with Crippen LogP contribution in [0, 0.1) is 0 Å². The minimum absolute atomic E-state index is 0.0661. The zero-order valence-corrected chi connectivity index (χ0v) is 17.0.